The normalized spacial score (nSPS) is 16.6. The highest BCUT2D eigenvalue weighted by atomic mass is 28.3. The van der Waals surface area contributed by atoms with Gasteiger partial charge in [-0.05, 0) is 87.9 Å². The second kappa shape index (κ2) is 13.1. The summed E-state index contributed by atoms with van der Waals surface area (Å²) in [6.07, 6.45) is 8.75. The topological polar surface area (TPSA) is 0 Å². The van der Waals surface area contributed by atoms with E-state index in [1.807, 2.05) is 0 Å². The fourth-order valence-electron chi connectivity index (χ4n) is 7.32. The molecule has 3 aromatic rings. The van der Waals surface area contributed by atoms with Gasteiger partial charge in [0.25, 0.3) is 0 Å². The Morgan fingerprint density at radius 2 is 0.640 bits per heavy atom. The molecule has 1 atom stereocenters. The third-order valence-electron chi connectivity index (χ3n) is 11.2. The third kappa shape index (κ3) is 8.19. The molecule has 0 bridgehead atoms. The average Bonchev–Trinajstić information content (AvgIpc) is 3.44. The van der Waals surface area contributed by atoms with Crippen LogP contribution in [0, 0.1) is 0 Å². The fourth-order valence-corrected chi connectivity index (χ4v) is 12.6. The van der Waals surface area contributed by atoms with E-state index in [9.17, 15) is 0 Å². The van der Waals surface area contributed by atoms with Crippen molar-refractivity contribution in [2.45, 2.75) is 176 Å². The molecule has 0 nitrogen and oxygen atoms in total. The van der Waals surface area contributed by atoms with Crippen molar-refractivity contribution < 1.29 is 0 Å². The predicted octanol–water partition coefficient (Wildman–Crippen LogP) is 12.2. The van der Waals surface area contributed by atoms with Crippen molar-refractivity contribution in [1.82, 2.24) is 0 Å². The van der Waals surface area contributed by atoms with Crippen LogP contribution in [0.5, 0.6) is 0 Å². The van der Waals surface area contributed by atoms with Crippen molar-refractivity contribution in [3.8, 4) is 0 Å². The zero-order valence-electron chi connectivity index (χ0n) is 35.7. The molecule has 1 heteroatoms. The summed E-state index contributed by atoms with van der Waals surface area (Å²) in [4.78, 5) is 0. The molecular weight excluding hydrogens is 617 g/mol. The van der Waals surface area contributed by atoms with E-state index in [1.165, 1.54) is 54.5 Å². The molecule has 0 saturated heterocycles. The van der Waals surface area contributed by atoms with Gasteiger partial charge in [0, 0.05) is 5.54 Å². The highest BCUT2D eigenvalue weighted by molar-refractivity contribution is 7.13. The summed E-state index contributed by atoms with van der Waals surface area (Å²) in [5.74, 6) is 0. The molecule has 0 radical (unpaired) electrons. The Hall–Kier alpha value is -2.64. The molecule has 0 spiro atoms. The van der Waals surface area contributed by atoms with Crippen LogP contribution >= 0.6 is 0 Å². The number of benzene rings is 3. The van der Waals surface area contributed by atoms with Crippen LogP contribution in [0.15, 0.2) is 78.4 Å². The monoisotopic (exact) mass is 689 g/mol. The van der Waals surface area contributed by atoms with Crippen LogP contribution in [0.4, 0.5) is 0 Å². The maximum absolute atomic E-state index is 2.87. The highest BCUT2D eigenvalue weighted by Crippen LogP contribution is 2.39. The Kier molecular flexibility index (Phi) is 10.5. The smallest absolute Gasteiger partial charge is 0.0790 e. The molecular formula is C49H72Si. The minimum atomic E-state index is -2.87. The first kappa shape index (κ1) is 40.1. The molecule has 0 fully saturated rings. The Bertz CT molecular complexity index is 1490. The van der Waals surface area contributed by atoms with E-state index in [-0.39, 0.29) is 38.0 Å². The van der Waals surface area contributed by atoms with Crippen LogP contribution in [0.1, 0.15) is 171 Å². The first-order valence-corrected chi connectivity index (χ1v) is 21.5. The molecule has 0 aromatic heterocycles. The predicted molar refractivity (Wildman–Crippen MR) is 227 cm³/mol. The van der Waals surface area contributed by atoms with E-state index >= 15 is 0 Å². The van der Waals surface area contributed by atoms with Gasteiger partial charge in [-0.1, -0.05) is 210 Å². The Balaban J connectivity index is 2.44. The zero-order valence-corrected chi connectivity index (χ0v) is 36.7. The molecule has 1 aliphatic carbocycles. The van der Waals surface area contributed by atoms with Gasteiger partial charge < -0.3 is 0 Å². The summed E-state index contributed by atoms with van der Waals surface area (Å²) >= 11 is 0. The van der Waals surface area contributed by atoms with E-state index in [0.717, 1.165) is 6.42 Å². The molecule has 0 amide bonds. The van der Waals surface area contributed by atoms with Gasteiger partial charge in [0.1, 0.15) is 0 Å². The van der Waals surface area contributed by atoms with E-state index < -0.39 is 8.07 Å². The fraction of sp³-hybridized carbons (Fsp3) is 0.551. The summed E-state index contributed by atoms with van der Waals surface area (Å²) in [7, 11) is -2.87. The summed E-state index contributed by atoms with van der Waals surface area (Å²) in [5.41, 5.74) is 10.4. The maximum Gasteiger partial charge on any atom is 0.158 e. The lowest BCUT2D eigenvalue weighted by atomic mass is 9.80. The molecule has 0 heterocycles. The van der Waals surface area contributed by atoms with E-state index in [2.05, 4.69) is 204 Å². The van der Waals surface area contributed by atoms with E-state index in [0.29, 0.717) is 0 Å². The van der Waals surface area contributed by atoms with Gasteiger partial charge in [0.05, 0.1) is 0 Å². The van der Waals surface area contributed by atoms with E-state index in [1.54, 1.807) is 0 Å². The van der Waals surface area contributed by atoms with Crippen LogP contribution in [0.2, 0.25) is 5.54 Å². The van der Waals surface area contributed by atoms with Crippen LogP contribution in [-0.4, -0.2) is 8.07 Å². The second-order valence-electron chi connectivity index (χ2n) is 21.7. The summed E-state index contributed by atoms with van der Waals surface area (Å²) < 4.78 is 0. The summed E-state index contributed by atoms with van der Waals surface area (Å²) in [6.45, 7) is 45.4. The Labute approximate surface area is 310 Å². The lowest BCUT2D eigenvalue weighted by Gasteiger charge is -2.42. The lowest BCUT2D eigenvalue weighted by molar-refractivity contribution is 0.569. The van der Waals surface area contributed by atoms with Crippen molar-refractivity contribution in [3.63, 3.8) is 0 Å². The van der Waals surface area contributed by atoms with Crippen molar-refractivity contribution in [2.75, 3.05) is 0 Å². The maximum atomic E-state index is 2.66. The molecule has 272 valence electrons. The second-order valence-corrected chi connectivity index (χ2v) is 25.7. The van der Waals surface area contributed by atoms with Gasteiger partial charge in [-0.15, -0.1) is 0 Å². The van der Waals surface area contributed by atoms with Gasteiger partial charge in [0.2, 0.25) is 0 Å². The third-order valence-corrected chi connectivity index (χ3v) is 16.1. The number of hydrogen-bond acceptors (Lipinski definition) is 0. The first-order valence-electron chi connectivity index (χ1n) is 19.4. The molecule has 1 aliphatic rings. The minimum absolute atomic E-state index is 0.0136. The molecule has 1 unspecified atom stereocenters. The van der Waals surface area contributed by atoms with Crippen molar-refractivity contribution in [3.05, 3.63) is 112 Å². The highest BCUT2D eigenvalue weighted by Gasteiger charge is 2.48. The molecule has 4 rings (SSSR count). The Morgan fingerprint density at radius 3 is 0.820 bits per heavy atom. The van der Waals surface area contributed by atoms with Gasteiger partial charge in [0.15, 0.2) is 8.07 Å². The van der Waals surface area contributed by atoms with E-state index in [4.69, 9.17) is 0 Å². The zero-order chi connectivity index (χ0) is 38.0. The van der Waals surface area contributed by atoms with Crippen molar-refractivity contribution >= 4 is 23.6 Å². The molecule has 50 heavy (non-hydrogen) atoms. The van der Waals surface area contributed by atoms with Gasteiger partial charge in [-0.2, -0.15) is 0 Å². The van der Waals surface area contributed by atoms with Crippen LogP contribution in [-0.2, 0) is 32.5 Å². The number of rotatable bonds is 5. The number of hydrogen-bond donors (Lipinski definition) is 0. The quantitative estimate of drug-likeness (QED) is 0.185. The summed E-state index contributed by atoms with van der Waals surface area (Å²) in [5, 5.41) is 4.61. The SMILES string of the molecule is CCC1=CC([Si](c2cc(C(C)(C)C)cc(C(C)(C)C)c2)(c2cc(C(C)(C)C)cc(C(C)(C)C)c2)c2cc(C(C)(C)C)cc(C(C)(C)C)c2)C=C1. The van der Waals surface area contributed by atoms with Crippen molar-refractivity contribution in [2.24, 2.45) is 0 Å². The van der Waals surface area contributed by atoms with Crippen LogP contribution < -0.4 is 15.6 Å². The standard InChI is InChI=1S/C49H72Si/c1-20-33-21-22-40(23-33)50(41-27-34(44(2,3)4)24-35(28-41)45(5,6)7,42-29-36(46(8,9)10)25-37(30-42)47(11,12)13)43-31-38(48(14,15)16)26-39(32-43)49(17,18)19/h21-32,40H,20H2,1-19H3. The number of allylic oxidation sites excluding steroid dienone is 4. The van der Waals surface area contributed by atoms with Gasteiger partial charge in [-0.25, -0.2) is 0 Å². The molecule has 0 saturated carbocycles. The molecule has 0 aliphatic heterocycles. The largest absolute Gasteiger partial charge is 0.158 e. The lowest BCUT2D eigenvalue weighted by Crippen LogP contribution is -2.70. The molecule has 0 N–H and O–H groups in total. The molecule has 3 aromatic carbocycles. The first-order chi connectivity index (χ1) is 22.5. The average molecular weight is 689 g/mol. The van der Waals surface area contributed by atoms with Crippen LogP contribution in [0.3, 0.4) is 0 Å². The summed E-state index contributed by atoms with van der Waals surface area (Å²) in [6, 6.07) is 23.4. The minimum Gasteiger partial charge on any atom is -0.0790 e. The Morgan fingerprint density at radius 1 is 0.400 bits per heavy atom. The van der Waals surface area contributed by atoms with Crippen molar-refractivity contribution in [1.29, 1.82) is 0 Å². The van der Waals surface area contributed by atoms with Gasteiger partial charge in [-0.3, -0.25) is 0 Å². The van der Waals surface area contributed by atoms with Gasteiger partial charge >= 0.3 is 0 Å². The van der Waals surface area contributed by atoms with Crippen LogP contribution in [0.25, 0.3) is 0 Å².